The van der Waals surface area contributed by atoms with Crippen molar-refractivity contribution in [2.45, 2.75) is 31.7 Å². The van der Waals surface area contributed by atoms with Crippen LogP contribution in [0.2, 0.25) is 0 Å². The average molecular weight is 414 g/mol. The first-order chi connectivity index (χ1) is 14.0. The Hall–Kier alpha value is -2.68. The van der Waals surface area contributed by atoms with Gasteiger partial charge in [-0.15, -0.1) is 0 Å². The largest absolute Gasteiger partial charge is 0.399 e. The molecule has 1 aliphatic heterocycles. The quantitative estimate of drug-likeness (QED) is 0.669. The molecular weight excluding hydrogens is 395 g/mol. The minimum atomic E-state index is -0.447. The maximum Gasteiger partial charge on any atom is 0.271 e. The predicted molar refractivity (Wildman–Crippen MR) is 111 cm³/mol. The van der Waals surface area contributed by atoms with Gasteiger partial charge in [0.25, 0.3) is 5.56 Å². The number of aromatic amines is 1. The summed E-state index contributed by atoms with van der Waals surface area (Å²) in [7, 11) is 1.53. The Labute approximate surface area is 168 Å². The van der Waals surface area contributed by atoms with Crippen LogP contribution in [-0.4, -0.2) is 34.9 Å². The maximum absolute atomic E-state index is 15.2. The first kappa shape index (κ1) is 17.2. The molecule has 0 bridgehead atoms. The van der Waals surface area contributed by atoms with E-state index in [0.717, 1.165) is 31.4 Å². The molecule has 2 aromatic heterocycles. The van der Waals surface area contributed by atoms with Crippen LogP contribution >= 0.6 is 11.5 Å². The van der Waals surface area contributed by atoms with E-state index < -0.39 is 16.8 Å². The van der Waals surface area contributed by atoms with E-state index in [1.54, 1.807) is 6.07 Å². The Morgan fingerprint density at radius 3 is 2.79 bits per heavy atom. The molecule has 1 saturated heterocycles. The van der Waals surface area contributed by atoms with E-state index in [9.17, 15) is 9.59 Å². The number of hydrogen-bond acceptors (Lipinski definition) is 6. The van der Waals surface area contributed by atoms with Crippen molar-refractivity contribution < 1.29 is 9.23 Å². The van der Waals surface area contributed by atoms with Crippen molar-refractivity contribution in [3.05, 3.63) is 38.5 Å². The second-order valence-corrected chi connectivity index (χ2v) is 9.12. The standard InChI is InChI=1S/C20H19FN4O3S/c1-28-22-15-8-24(9-20(15)4-5-20)14-7-13-11(6-12(14)21)17(26)16-18(27)23-29-19(16)25(13)10-2-3-10/h6-7,10H,2-5,8-9H2,1H3,(H,23,27)/b22-15+. The lowest BCUT2D eigenvalue weighted by Crippen LogP contribution is -2.22. The summed E-state index contributed by atoms with van der Waals surface area (Å²) in [5, 5.41) is 4.58. The van der Waals surface area contributed by atoms with Gasteiger partial charge in [0.05, 0.1) is 23.5 Å². The van der Waals surface area contributed by atoms with Gasteiger partial charge in [-0.05, 0) is 49.3 Å². The zero-order valence-corrected chi connectivity index (χ0v) is 16.6. The number of H-pyrrole nitrogens is 1. The monoisotopic (exact) mass is 414 g/mol. The molecule has 0 radical (unpaired) electrons. The number of oxime groups is 1. The highest BCUT2D eigenvalue weighted by Gasteiger charge is 2.54. The van der Waals surface area contributed by atoms with Gasteiger partial charge in [0.2, 0.25) is 5.43 Å². The summed E-state index contributed by atoms with van der Waals surface area (Å²) in [6.07, 6.45) is 4.05. The van der Waals surface area contributed by atoms with Gasteiger partial charge in [-0.1, -0.05) is 5.16 Å². The van der Waals surface area contributed by atoms with Gasteiger partial charge in [-0.25, -0.2) is 4.39 Å². The van der Waals surface area contributed by atoms with Gasteiger partial charge in [0.15, 0.2) is 0 Å². The molecule has 1 N–H and O–H groups in total. The third-order valence-corrected chi connectivity index (χ3v) is 7.33. The van der Waals surface area contributed by atoms with Crippen LogP contribution in [0.3, 0.4) is 0 Å². The Kier molecular flexibility index (Phi) is 3.37. The second kappa shape index (κ2) is 5.69. The lowest BCUT2D eigenvalue weighted by Gasteiger charge is -2.20. The number of benzene rings is 1. The summed E-state index contributed by atoms with van der Waals surface area (Å²) in [4.78, 5) is 32.8. The van der Waals surface area contributed by atoms with Crippen molar-refractivity contribution in [2.75, 3.05) is 25.1 Å². The van der Waals surface area contributed by atoms with Crippen molar-refractivity contribution in [1.82, 2.24) is 8.94 Å². The van der Waals surface area contributed by atoms with E-state index >= 15 is 4.39 Å². The molecule has 0 unspecified atom stereocenters. The van der Waals surface area contributed by atoms with Gasteiger partial charge in [-0.2, -0.15) is 0 Å². The first-order valence-corrected chi connectivity index (χ1v) is 10.6. The SMILES string of the molecule is CO/N=C1\CN(c2cc3c(cc2F)c(=O)c2c(=O)[nH]sc2n3C2CC2)CC12CC2. The van der Waals surface area contributed by atoms with Gasteiger partial charge in [0, 0.05) is 23.4 Å². The molecule has 3 fully saturated rings. The number of nitrogens with zero attached hydrogens (tertiary/aromatic N) is 3. The zero-order valence-electron chi connectivity index (χ0n) is 15.8. The Morgan fingerprint density at radius 2 is 2.10 bits per heavy atom. The van der Waals surface area contributed by atoms with Crippen molar-refractivity contribution in [3.63, 3.8) is 0 Å². The summed E-state index contributed by atoms with van der Waals surface area (Å²) < 4.78 is 19.9. The summed E-state index contributed by atoms with van der Waals surface area (Å²) in [6, 6.07) is 3.32. The zero-order chi connectivity index (χ0) is 19.9. The molecule has 6 rings (SSSR count). The minimum absolute atomic E-state index is 0.00229. The van der Waals surface area contributed by atoms with E-state index in [1.807, 2.05) is 9.47 Å². The van der Waals surface area contributed by atoms with Crippen molar-refractivity contribution in [3.8, 4) is 0 Å². The van der Waals surface area contributed by atoms with Crippen molar-refractivity contribution in [1.29, 1.82) is 0 Å². The lowest BCUT2D eigenvalue weighted by molar-refractivity contribution is 0.211. The molecule has 3 aliphatic rings. The van der Waals surface area contributed by atoms with Crippen LogP contribution in [0.5, 0.6) is 0 Å². The first-order valence-electron chi connectivity index (χ1n) is 9.77. The number of nitrogens with one attached hydrogen (secondary N) is 1. The minimum Gasteiger partial charge on any atom is -0.399 e. The number of hydrogen-bond donors (Lipinski definition) is 1. The third-order valence-electron chi connectivity index (χ3n) is 6.45. The highest BCUT2D eigenvalue weighted by molar-refractivity contribution is 7.12. The maximum atomic E-state index is 15.2. The Morgan fingerprint density at radius 1 is 1.31 bits per heavy atom. The Bertz CT molecular complexity index is 1330. The van der Waals surface area contributed by atoms with E-state index in [1.165, 1.54) is 24.7 Å². The normalized spacial score (nSPS) is 21.7. The van der Waals surface area contributed by atoms with Crippen LogP contribution < -0.4 is 15.9 Å². The summed E-state index contributed by atoms with van der Waals surface area (Å²) in [6.45, 7) is 1.22. The number of anilines is 1. The second-order valence-electron chi connectivity index (χ2n) is 8.32. The van der Waals surface area contributed by atoms with Gasteiger partial charge in [0.1, 0.15) is 23.1 Å². The molecule has 2 aliphatic carbocycles. The fraction of sp³-hybridized carbons (Fsp3) is 0.450. The predicted octanol–water partition coefficient (Wildman–Crippen LogP) is 2.98. The van der Waals surface area contributed by atoms with E-state index in [4.69, 9.17) is 4.84 Å². The number of rotatable bonds is 3. The number of pyridine rings is 1. The third kappa shape index (κ3) is 2.36. The average Bonchev–Trinajstić information content (AvgIpc) is 3.59. The summed E-state index contributed by atoms with van der Waals surface area (Å²) >= 11 is 1.18. The van der Waals surface area contributed by atoms with Crippen LogP contribution in [0.25, 0.3) is 21.1 Å². The molecule has 29 heavy (non-hydrogen) atoms. The molecule has 3 heterocycles. The van der Waals surface area contributed by atoms with E-state index in [2.05, 4.69) is 9.53 Å². The molecular formula is C20H19FN4O3S. The molecule has 0 amide bonds. The molecule has 3 aromatic rings. The Balaban J connectivity index is 1.59. The van der Waals surface area contributed by atoms with Crippen LogP contribution in [0.1, 0.15) is 31.7 Å². The van der Waals surface area contributed by atoms with Gasteiger partial charge < -0.3 is 14.3 Å². The molecule has 2 saturated carbocycles. The fourth-order valence-electron chi connectivity index (χ4n) is 4.64. The van der Waals surface area contributed by atoms with E-state index in [-0.39, 0.29) is 22.2 Å². The van der Waals surface area contributed by atoms with Crippen LogP contribution in [-0.2, 0) is 4.84 Å². The van der Waals surface area contributed by atoms with Crippen LogP contribution in [0.4, 0.5) is 10.1 Å². The van der Waals surface area contributed by atoms with Crippen molar-refractivity contribution >= 4 is 44.1 Å². The van der Waals surface area contributed by atoms with Crippen LogP contribution in [0.15, 0.2) is 26.9 Å². The molecule has 7 nitrogen and oxygen atoms in total. The number of fused-ring (bicyclic) bond motifs is 2. The molecule has 150 valence electrons. The van der Waals surface area contributed by atoms with Crippen molar-refractivity contribution in [2.24, 2.45) is 10.6 Å². The lowest BCUT2D eigenvalue weighted by atomic mass is 10.1. The fourth-order valence-corrected chi connectivity index (χ4v) is 5.57. The van der Waals surface area contributed by atoms with E-state index in [0.29, 0.717) is 29.1 Å². The van der Waals surface area contributed by atoms with Crippen LogP contribution in [0, 0.1) is 11.2 Å². The summed E-state index contributed by atoms with van der Waals surface area (Å²) in [5.41, 5.74) is 1.32. The highest BCUT2D eigenvalue weighted by atomic mass is 32.1. The highest BCUT2D eigenvalue weighted by Crippen LogP contribution is 2.52. The number of aromatic nitrogens is 2. The topological polar surface area (TPSA) is 79.7 Å². The molecule has 1 aromatic carbocycles. The summed E-state index contributed by atoms with van der Waals surface area (Å²) in [5.74, 6) is -0.447. The molecule has 1 spiro atoms. The van der Waals surface area contributed by atoms with Gasteiger partial charge >= 0.3 is 0 Å². The number of halogens is 1. The van der Waals surface area contributed by atoms with Gasteiger partial charge in [-0.3, -0.25) is 14.0 Å². The smallest absolute Gasteiger partial charge is 0.271 e. The molecule has 9 heteroatoms. The molecule has 0 atom stereocenters.